The number of anilines is 1. The van der Waals surface area contributed by atoms with E-state index < -0.39 is 17.9 Å². The Morgan fingerprint density at radius 2 is 1.79 bits per heavy atom. The Balaban J connectivity index is 1.27. The van der Waals surface area contributed by atoms with Crippen molar-refractivity contribution in [1.29, 1.82) is 0 Å². The standard InChI is InChI=1S/C24H24F4N2O4/c25-17-3-1-2-16(14-17)15-29-22(32)33-19-8-10-23(11-9-19)12-13-30(21(23)31)18-4-6-20(7-5-18)34-24(26,27)28/h1-7,14,19H,8-13,15H2,(H,29,32)/t19-,23+. The first-order valence-corrected chi connectivity index (χ1v) is 11.0. The molecule has 6 nitrogen and oxygen atoms in total. The number of carbonyl (C=O) groups excluding carboxylic acids is 2. The summed E-state index contributed by atoms with van der Waals surface area (Å²) in [6.07, 6.45) is -2.88. The predicted molar refractivity (Wildman–Crippen MR) is 115 cm³/mol. The Morgan fingerprint density at radius 3 is 2.44 bits per heavy atom. The second-order valence-corrected chi connectivity index (χ2v) is 8.62. The first-order valence-electron chi connectivity index (χ1n) is 11.0. The third kappa shape index (κ3) is 5.60. The highest BCUT2D eigenvalue weighted by Gasteiger charge is 2.49. The molecule has 1 saturated heterocycles. The quantitative estimate of drug-likeness (QED) is 0.589. The van der Waals surface area contributed by atoms with Crippen LogP contribution in [0.15, 0.2) is 48.5 Å². The van der Waals surface area contributed by atoms with Crippen LogP contribution in [0.4, 0.5) is 28.0 Å². The Kier molecular flexibility index (Phi) is 6.67. The molecule has 4 rings (SSSR count). The monoisotopic (exact) mass is 480 g/mol. The molecular weight excluding hydrogens is 456 g/mol. The number of ether oxygens (including phenoxy) is 2. The van der Waals surface area contributed by atoms with Crippen LogP contribution < -0.4 is 15.0 Å². The van der Waals surface area contributed by atoms with E-state index in [2.05, 4.69) is 10.1 Å². The van der Waals surface area contributed by atoms with Crippen molar-refractivity contribution >= 4 is 17.7 Å². The van der Waals surface area contributed by atoms with E-state index in [9.17, 15) is 27.2 Å². The minimum absolute atomic E-state index is 0.0639. The molecule has 0 radical (unpaired) electrons. The van der Waals surface area contributed by atoms with Gasteiger partial charge in [-0.25, -0.2) is 9.18 Å². The number of nitrogens with zero attached hydrogens (tertiary/aromatic N) is 1. The van der Waals surface area contributed by atoms with Crippen molar-refractivity contribution in [1.82, 2.24) is 5.32 Å². The number of hydrogen-bond donors (Lipinski definition) is 1. The average molecular weight is 480 g/mol. The molecule has 2 amide bonds. The molecule has 1 saturated carbocycles. The second-order valence-electron chi connectivity index (χ2n) is 8.62. The summed E-state index contributed by atoms with van der Waals surface area (Å²) in [5.41, 5.74) is 0.583. The first kappa shape index (κ1) is 23.8. The van der Waals surface area contributed by atoms with Crippen LogP contribution in [0.5, 0.6) is 5.75 Å². The van der Waals surface area contributed by atoms with Crippen LogP contribution in [-0.2, 0) is 16.1 Å². The minimum Gasteiger partial charge on any atom is -0.446 e. The third-order valence-electron chi connectivity index (χ3n) is 6.38. The van der Waals surface area contributed by atoms with Crippen molar-refractivity contribution in [2.75, 3.05) is 11.4 Å². The van der Waals surface area contributed by atoms with Gasteiger partial charge in [-0.05, 0) is 74.1 Å². The summed E-state index contributed by atoms with van der Waals surface area (Å²) in [5, 5.41) is 2.61. The number of benzene rings is 2. The molecule has 0 unspecified atom stereocenters. The van der Waals surface area contributed by atoms with E-state index in [-0.39, 0.29) is 30.1 Å². The van der Waals surface area contributed by atoms with Gasteiger partial charge in [-0.15, -0.1) is 13.2 Å². The summed E-state index contributed by atoms with van der Waals surface area (Å²) in [5.74, 6) is -0.789. The number of hydrogen-bond acceptors (Lipinski definition) is 4. The van der Waals surface area contributed by atoms with Gasteiger partial charge in [0.1, 0.15) is 17.7 Å². The number of rotatable bonds is 5. The number of alkyl carbamates (subject to hydrolysis) is 1. The number of amides is 2. The van der Waals surface area contributed by atoms with E-state index in [0.29, 0.717) is 49.9 Å². The lowest BCUT2D eigenvalue weighted by molar-refractivity contribution is -0.274. The lowest BCUT2D eigenvalue weighted by Crippen LogP contribution is -2.40. The molecule has 34 heavy (non-hydrogen) atoms. The van der Waals surface area contributed by atoms with Gasteiger partial charge in [0.05, 0.1) is 5.41 Å². The van der Waals surface area contributed by atoms with Gasteiger partial charge >= 0.3 is 12.5 Å². The molecule has 1 N–H and O–H groups in total. The fourth-order valence-electron chi connectivity index (χ4n) is 4.63. The third-order valence-corrected chi connectivity index (χ3v) is 6.38. The van der Waals surface area contributed by atoms with Crippen molar-refractivity contribution in [2.24, 2.45) is 5.41 Å². The highest BCUT2D eigenvalue weighted by molar-refractivity contribution is 6.00. The highest BCUT2D eigenvalue weighted by atomic mass is 19.4. The van der Waals surface area contributed by atoms with Crippen LogP contribution in [0, 0.1) is 11.2 Å². The Bertz CT molecular complexity index is 1030. The summed E-state index contributed by atoms with van der Waals surface area (Å²) in [6, 6.07) is 11.2. The van der Waals surface area contributed by atoms with Crippen molar-refractivity contribution in [2.45, 2.75) is 51.1 Å². The predicted octanol–water partition coefficient (Wildman–Crippen LogP) is 5.32. The lowest BCUT2D eigenvalue weighted by Gasteiger charge is -2.35. The van der Waals surface area contributed by atoms with Crippen LogP contribution in [0.25, 0.3) is 0 Å². The number of nitrogens with one attached hydrogen (secondary N) is 1. The summed E-state index contributed by atoms with van der Waals surface area (Å²) in [7, 11) is 0. The van der Waals surface area contributed by atoms with Crippen LogP contribution in [-0.4, -0.2) is 31.0 Å². The van der Waals surface area contributed by atoms with E-state index in [1.54, 1.807) is 17.0 Å². The molecule has 182 valence electrons. The summed E-state index contributed by atoms with van der Waals surface area (Å²) >= 11 is 0. The van der Waals surface area contributed by atoms with Gasteiger partial charge in [-0.3, -0.25) is 4.79 Å². The smallest absolute Gasteiger partial charge is 0.446 e. The number of alkyl halides is 3. The lowest BCUT2D eigenvalue weighted by atomic mass is 9.72. The van der Waals surface area contributed by atoms with Crippen LogP contribution in [0.1, 0.15) is 37.7 Å². The Hall–Kier alpha value is -3.30. The first-order chi connectivity index (χ1) is 16.1. The van der Waals surface area contributed by atoms with Crippen molar-refractivity contribution in [3.8, 4) is 5.75 Å². The molecule has 10 heteroatoms. The van der Waals surface area contributed by atoms with Gasteiger partial charge in [-0.1, -0.05) is 12.1 Å². The zero-order chi connectivity index (χ0) is 24.3. The Labute approximate surface area is 193 Å². The molecule has 1 spiro atoms. The van der Waals surface area contributed by atoms with Gasteiger partial charge in [-0.2, -0.15) is 0 Å². The van der Waals surface area contributed by atoms with Gasteiger partial charge in [0.2, 0.25) is 5.91 Å². The van der Waals surface area contributed by atoms with E-state index in [0.717, 1.165) is 0 Å². The van der Waals surface area contributed by atoms with Crippen LogP contribution in [0.3, 0.4) is 0 Å². The zero-order valence-corrected chi connectivity index (χ0v) is 18.2. The van der Waals surface area contributed by atoms with Crippen LogP contribution >= 0.6 is 0 Å². The van der Waals surface area contributed by atoms with Crippen LogP contribution in [0.2, 0.25) is 0 Å². The average Bonchev–Trinajstić information content (AvgIpc) is 3.09. The van der Waals surface area contributed by atoms with Crippen molar-refractivity contribution < 1.29 is 36.6 Å². The van der Waals surface area contributed by atoms with Gasteiger partial charge in [0, 0.05) is 18.8 Å². The minimum atomic E-state index is -4.77. The summed E-state index contributed by atoms with van der Waals surface area (Å²) < 4.78 is 59.6. The molecule has 2 aliphatic rings. The van der Waals surface area contributed by atoms with E-state index in [1.165, 1.54) is 36.4 Å². The van der Waals surface area contributed by atoms with E-state index in [1.807, 2.05) is 0 Å². The maximum atomic E-state index is 13.2. The topological polar surface area (TPSA) is 67.9 Å². The second kappa shape index (κ2) is 9.52. The van der Waals surface area contributed by atoms with Crippen molar-refractivity contribution in [3.63, 3.8) is 0 Å². The van der Waals surface area contributed by atoms with Gasteiger partial charge in [0.15, 0.2) is 0 Å². The summed E-state index contributed by atoms with van der Waals surface area (Å²) in [4.78, 5) is 26.9. The molecule has 0 aromatic heterocycles. The maximum Gasteiger partial charge on any atom is 0.573 e. The number of carbonyl (C=O) groups is 2. The Morgan fingerprint density at radius 1 is 1.09 bits per heavy atom. The fourth-order valence-corrected chi connectivity index (χ4v) is 4.63. The molecule has 1 aliphatic carbocycles. The van der Waals surface area contributed by atoms with Crippen molar-refractivity contribution in [3.05, 3.63) is 59.9 Å². The van der Waals surface area contributed by atoms with E-state index in [4.69, 9.17) is 4.74 Å². The normalized spacial score (nSPS) is 22.6. The van der Waals surface area contributed by atoms with Gasteiger partial charge < -0.3 is 19.7 Å². The SMILES string of the molecule is O=C(NCc1cccc(F)c1)O[C@H]1CC[C@]2(CCN(c3ccc(OC(F)(F)F)cc3)C2=O)CC1. The zero-order valence-electron chi connectivity index (χ0n) is 18.2. The molecule has 0 bridgehead atoms. The number of halogens is 4. The molecule has 1 heterocycles. The van der Waals surface area contributed by atoms with E-state index >= 15 is 0 Å². The fraction of sp³-hybridized carbons (Fsp3) is 0.417. The molecule has 2 aromatic carbocycles. The molecule has 2 fully saturated rings. The maximum absolute atomic E-state index is 13.2. The molecule has 0 atom stereocenters. The van der Waals surface area contributed by atoms with Gasteiger partial charge in [0.25, 0.3) is 0 Å². The summed E-state index contributed by atoms with van der Waals surface area (Å²) in [6.45, 7) is 0.617. The molecule has 2 aromatic rings. The highest BCUT2D eigenvalue weighted by Crippen LogP contribution is 2.46. The molecule has 1 aliphatic heterocycles. The molecular formula is C24H24F4N2O4. The largest absolute Gasteiger partial charge is 0.573 e.